The van der Waals surface area contributed by atoms with Gasteiger partial charge < -0.3 is 15.4 Å². The van der Waals surface area contributed by atoms with Crippen LogP contribution in [-0.2, 0) is 14.3 Å². The summed E-state index contributed by atoms with van der Waals surface area (Å²) in [6.07, 6.45) is 1.65. The molecular formula is C13H20N2O3. The van der Waals surface area contributed by atoms with E-state index in [1.807, 2.05) is 4.90 Å². The molecular weight excluding hydrogens is 232 g/mol. The van der Waals surface area contributed by atoms with Crippen molar-refractivity contribution in [3.63, 3.8) is 0 Å². The van der Waals surface area contributed by atoms with Crippen molar-refractivity contribution < 1.29 is 14.3 Å². The number of amides is 2. The van der Waals surface area contributed by atoms with Gasteiger partial charge in [0.1, 0.15) is 5.60 Å². The van der Waals surface area contributed by atoms with Crippen molar-refractivity contribution in [2.45, 2.75) is 32.3 Å². The Kier molecular flexibility index (Phi) is 2.31. The molecule has 1 unspecified atom stereocenters. The summed E-state index contributed by atoms with van der Waals surface area (Å²) in [4.78, 5) is 25.4. The zero-order valence-corrected chi connectivity index (χ0v) is 10.9. The van der Waals surface area contributed by atoms with Gasteiger partial charge in [0.05, 0.1) is 19.0 Å². The zero-order chi connectivity index (χ0) is 13.1. The van der Waals surface area contributed by atoms with Gasteiger partial charge in [0, 0.05) is 12.5 Å². The Labute approximate surface area is 107 Å². The van der Waals surface area contributed by atoms with Crippen LogP contribution in [0.25, 0.3) is 0 Å². The Hall–Kier alpha value is -1.10. The highest BCUT2D eigenvalue weighted by molar-refractivity contribution is 5.85. The summed E-state index contributed by atoms with van der Waals surface area (Å²) in [5.74, 6) is -0.159. The maximum atomic E-state index is 12.2. The molecule has 2 heterocycles. The first kappa shape index (κ1) is 12.0. The summed E-state index contributed by atoms with van der Waals surface area (Å²) in [5.41, 5.74) is 5.08. The lowest BCUT2D eigenvalue weighted by atomic mass is 9.80. The number of nitrogens with two attached hydrogens (primary N) is 1. The SMILES string of the molecule is CC1(C)C[C@@H]1C(=O)N1CC2(C1)OCCC2C(N)=O. The molecule has 0 aromatic carbocycles. The molecule has 18 heavy (non-hydrogen) atoms. The molecule has 1 spiro atoms. The largest absolute Gasteiger partial charge is 0.370 e. The van der Waals surface area contributed by atoms with Gasteiger partial charge in [-0.05, 0) is 18.3 Å². The van der Waals surface area contributed by atoms with Crippen LogP contribution in [0, 0.1) is 17.3 Å². The lowest BCUT2D eigenvalue weighted by molar-refractivity contribution is -0.170. The first-order chi connectivity index (χ1) is 8.36. The summed E-state index contributed by atoms with van der Waals surface area (Å²) in [7, 11) is 0. The van der Waals surface area contributed by atoms with Gasteiger partial charge in [0.25, 0.3) is 0 Å². The van der Waals surface area contributed by atoms with E-state index in [4.69, 9.17) is 10.5 Å². The van der Waals surface area contributed by atoms with Crippen LogP contribution in [-0.4, -0.2) is 42.0 Å². The van der Waals surface area contributed by atoms with Crippen molar-refractivity contribution in [1.82, 2.24) is 4.90 Å². The number of ether oxygens (including phenoxy) is 1. The van der Waals surface area contributed by atoms with Crippen molar-refractivity contribution in [2.75, 3.05) is 19.7 Å². The number of rotatable bonds is 2. The van der Waals surface area contributed by atoms with E-state index in [1.165, 1.54) is 0 Å². The van der Waals surface area contributed by atoms with Crippen molar-refractivity contribution in [2.24, 2.45) is 23.0 Å². The van der Waals surface area contributed by atoms with Crippen LogP contribution in [0.1, 0.15) is 26.7 Å². The summed E-state index contributed by atoms with van der Waals surface area (Å²) in [6, 6.07) is 0. The lowest BCUT2D eigenvalue weighted by Gasteiger charge is -2.49. The third-order valence-corrected chi connectivity index (χ3v) is 4.81. The van der Waals surface area contributed by atoms with Gasteiger partial charge in [-0.25, -0.2) is 0 Å². The fourth-order valence-electron chi connectivity index (χ4n) is 3.32. The van der Waals surface area contributed by atoms with E-state index in [9.17, 15) is 9.59 Å². The summed E-state index contributed by atoms with van der Waals surface area (Å²) in [5, 5.41) is 0. The number of likely N-dealkylation sites (tertiary alicyclic amines) is 1. The molecule has 0 aromatic rings. The minimum Gasteiger partial charge on any atom is -0.370 e. The minimum absolute atomic E-state index is 0.152. The Morgan fingerprint density at radius 1 is 1.28 bits per heavy atom. The average molecular weight is 252 g/mol. The predicted octanol–water partition coefficient (Wildman–Crippen LogP) is 0.135. The molecule has 2 N–H and O–H groups in total. The molecule has 1 aliphatic carbocycles. The second-order valence-electron chi connectivity index (χ2n) is 6.60. The van der Waals surface area contributed by atoms with Gasteiger partial charge >= 0.3 is 0 Å². The maximum Gasteiger partial charge on any atom is 0.226 e. The molecule has 100 valence electrons. The third kappa shape index (κ3) is 1.56. The molecule has 3 fully saturated rings. The molecule has 0 bridgehead atoms. The molecule has 3 aliphatic rings. The molecule has 5 heteroatoms. The smallest absolute Gasteiger partial charge is 0.226 e. The Morgan fingerprint density at radius 2 is 1.89 bits per heavy atom. The second kappa shape index (κ2) is 3.47. The monoisotopic (exact) mass is 252 g/mol. The van der Waals surface area contributed by atoms with Crippen LogP contribution in [0.2, 0.25) is 0 Å². The van der Waals surface area contributed by atoms with Crippen molar-refractivity contribution in [3.05, 3.63) is 0 Å². The van der Waals surface area contributed by atoms with Crippen LogP contribution in [0.4, 0.5) is 0 Å². The van der Waals surface area contributed by atoms with E-state index >= 15 is 0 Å². The standard InChI is InChI=1S/C13H20N2O3/c1-12(2)5-9(12)11(17)15-6-13(7-15)8(10(14)16)3-4-18-13/h8-9H,3-7H2,1-2H3,(H2,14,16)/t8?,9-/m1/s1. The van der Waals surface area contributed by atoms with Gasteiger partial charge in [-0.15, -0.1) is 0 Å². The van der Waals surface area contributed by atoms with Gasteiger partial charge in [0.15, 0.2) is 0 Å². The van der Waals surface area contributed by atoms with E-state index in [2.05, 4.69) is 13.8 Å². The predicted molar refractivity (Wildman–Crippen MR) is 64.5 cm³/mol. The zero-order valence-electron chi connectivity index (χ0n) is 10.9. The van der Waals surface area contributed by atoms with E-state index in [0.29, 0.717) is 26.1 Å². The average Bonchev–Trinajstić information content (AvgIpc) is 2.72. The van der Waals surface area contributed by atoms with Gasteiger partial charge in [-0.2, -0.15) is 0 Å². The van der Waals surface area contributed by atoms with Gasteiger partial charge in [0.2, 0.25) is 11.8 Å². The van der Waals surface area contributed by atoms with Crippen molar-refractivity contribution >= 4 is 11.8 Å². The van der Waals surface area contributed by atoms with Crippen LogP contribution < -0.4 is 5.73 Å². The Morgan fingerprint density at radius 3 is 2.39 bits per heavy atom. The molecule has 0 aromatic heterocycles. The van der Waals surface area contributed by atoms with E-state index in [-0.39, 0.29) is 29.1 Å². The highest BCUT2D eigenvalue weighted by Crippen LogP contribution is 2.53. The molecule has 5 nitrogen and oxygen atoms in total. The Bertz CT molecular complexity index is 412. The highest BCUT2D eigenvalue weighted by Gasteiger charge is 2.60. The molecule has 2 aliphatic heterocycles. The number of carbonyl (C=O) groups excluding carboxylic acids is 2. The van der Waals surface area contributed by atoms with Crippen LogP contribution in [0.15, 0.2) is 0 Å². The highest BCUT2D eigenvalue weighted by atomic mass is 16.5. The number of carbonyl (C=O) groups is 2. The normalized spacial score (nSPS) is 35.3. The first-order valence-corrected chi connectivity index (χ1v) is 6.58. The summed E-state index contributed by atoms with van der Waals surface area (Å²) < 4.78 is 5.69. The molecule has 3 rings (SSSR count). The van der Waals surface area contributed by atoms with Crippen molar-refractivity contribution in [1.29, 1.82) is 0 Å². The molecule has 2 amide bonds. The minimum atomic E-state index is -0.472. The quantitative estimate of drug-likeness (QED) is 0.759. The first-order valence-electron chi connectivity index (χ1n) is 6.58. The lowest BCUT2D eigenvalue weighted by Crippen LogP contribution is -2.68. The van der Waals surface area contributed by atoms with E-state index in [1.54, 1.807) is 0 Å². The van der Waals surface area contributed by atoms with Crippen LogP contribution >= 0.6 is 0 Å². The van der Waals surface area contributed by atoms with Crippen LogP contribution in [0.5, 0.6) is 0 Å². The fraction of sp³-hybridized carbons (Fsp3) is 0.846. The fourth-order valence-corrected chi connectivity index (χ4v) is 3.32. The van der Waals surface area contributed by atoms with Gasteiger partial charge in [-0.1, -0.05) is 13.8 Å². The Balaban J connectivity index is 1.63. The summed E-state index contributed by atoms with van der Waals surface area (Å²) >= 11 is 0. The second-order valence-corrected chi connectivity index (χ2v) is 6.60. The molecule has 2 atom stereocenters. The maximum absolute atomic E-state index is 12.2. The number of primary amides is 1. The van der Waals surface area contributed by atoms with Crippen LogP contribution in [0.3, 0.4) is 0 Å². The number of nitrogens with zero attached hydrogens (tertiary/aromatic N) is 1. The van der Waals surface area contributed by atoms with Crippen molar-refractivity contribution in [3.8, 4) is 0 Å². The van der Waals surface area contributed by atoms with Gasteiger partial charge in [-0.3, -0.25) is 9.59 Å². The third-order valence-electron chi connectivity index (χ3n) is 4.81. The summed E-state index contributed by atoms with van der Waals surface area (Å²) in [6.45, 7) is 5.87. The molecule has 0 radical (unpaired) electrons. The topological polar surface area (TPSA) is 72.6 Å². The number of hydrogen-bond donors (Lipinski definition) is 1. The van der Waals surface area contributed by atoms with E-state index in [0.717, 1.165) is 6.42 Å². The molecule has 1 saturated carbocycles. The molecule has 2 saturated heterocycles. The number of hydrogen-bond acceptors (Lipinski definition) is 3. The van der Waals surface area contributed by atoms with E-state index < -0.39 is 5.60 Å².